The van der Waals surface area contributed by atoms with Crippen molar-refractivity contribution in [2.75, 3.05) is 0 Å². The lowest BCUT2D eigenvalue weighted by Gasteiger charge is -2.08. The van der Waals surface area contributed by atoms with Crippen LogP contribution in [0, 0.1) is 6.92 Å². The molecule has 1 aromatic carbocycles. The monoisotopic (exact) mass is 175 g/mol. The number of aryl methyl sites for hydroxylation is 1. The van der Waals surface area contributed by atoms with Crippen LogP contribution < -0.4 is 0 Å². The van der Waals surface area contributed by atoms with Crippen LogP contribution in [0.15, 0.2) is 22.9 Å². The molecular weight excluding hydrogens is 162 g/mol. The van der Waals surface area contributed by atoms with Gasteiger partial charge in [-0.25, -0.2) is 4.98 Å². The largest absolute Gasteiger partial charge is 0.443 e. The van der Waals surface area contributed by atoms with E-state index in [1.165, 1.54) is 17.5 Å². The van der Waals surface area contributed by atoms with Crippen molar-refractivity contribution in [1.29, 1.82) is 0 Å². The Morgan fingerprint density at radius 2 is 2.08 bits per heavy atom. The zero-order chi connectivity index (χ0) is 9.42. The van der Waals surface area contributed by atoms with Gasteiger partial charge in [-0.05, 0) is 30.0 Å². The zero-order valence-electron chi connectivity index (χ0n) is 8.16. The fourth-order valence-corrected chi connectivity index (χ4v) is 1.78. The Labute approximate surface area is 77.6 Å². The normalized spacial score (nSPS) is 11.4. The summed E-state index contributed by atoms with van der Waals surface area (Å²) in [4.78, 5) is 4.23. The van der Waals surface area contributed by atoms with E-state index in [1.807, 2.05) is 6.07 Å². The molecule has 0 saturated heterocycles. The smallest absolute Gasteiger partial charge is 0.181 e. The van der Waals surface area contributed by atoms with Gasteiger partial charge in [-0.15, -0.1) is 0 Å². The molecule has 0 aliphatic rings. The number of fused-ring (bicyclic) bond motifs is 1. The Hall–Kier alpha value is -1.31. The fourth-order valence-electron chi connectivity index (χ4n) is 1.78. The highest BCUT2D eigenvalue weighted by atomic mass is 16.3. The zero-order valence-corrected chi connectivity index (χ0v) is 8.16. The topological polar surface area (TPSA) is 26.0 Å². The van der Waals surface area contributed by atoms with Gasteiger partial charge in [0.15, 0.2) is 12.0 Å². The molecule has 0 fully saturated rings. The van der Waals surface area contributed by atoms with Crippen LogP contribution in [-0.2, 0) is 0 Å². The lowest BCUT2D eigenvalue weighted by atomic mass is 9.97. The van der Waals surface area contributed by atoms with Crippen molar-refractivity contribution in [3.63, 3.8) is 0 Å². The quantitative estimate of drug-likeness (QED) is 0.664. The van der Waals surface area contributed by atoms with E-state index in [9.17, 15) is 0 Å². The van der Waals surface area contributed by atoms with Gasteiger partial charge >= 0.3 is 0 Å². The van der Waals surface area contributed by atoms with Crippen LogP contribution in [-0.4, -0.2) is 4.98 Å². The molecule has 0 N–H and O–H groups in total. The van der Waals surface area contributed by atoms with Crippen molar-refractivity contribution in [2.24, 2.45) is 0 Å². The molecule has 0 atom stereocenters. The molecule has 0 unspecified atom stereocenters. The summed E-state index contributed by atoms with van der Waals surface area (Å²) >= 11 is 0. The van der Waals surface area contributed by atoms with E-state index in [0.717, 1.165) is 11.1 Å². The van der Waals surface area contributed by atoms with E-state index >= 15 is 0 Å². The highest BCUT2D eigenvalue weighted by Crippen LogP contribution is 2.27. The van der Waals surface area contributed by atoms with Gasteiger partial charge in [0.2, 0.25) is 0 Å². The molecule has 2 heteroatoms. The molecule has 0 amide bonds. The molecule has 1 heterocycles. The van der Waals surface area contributed by atoms with Crippen molar-refractivity contribution in [2.45, 2.75) is 26.7 Å². The maximum atomic E-state index is 5.25. The van der Waals surface area contributed by atoms with E-state index < -0.39 is 0 Å². The van der Waals surface area contributed by atoms with Crippen LogP contribution in [0.2, 0.25) is 0 Å². The number of benzene rings is 1. The lowest BCUT2D eigenvalue weighted by molar-refractivity contribution is 0.602. The molecule has 0 saturated carbocycles. The van der Waals surface area contributed by atoms with Gasteiger partial charge in [0.05, 0.1) is 0 Å². The van der Waals surface area contributed by atoms with Gasteiger partial charge in [-0.3, -0.25) is 0 Å². The molecule has 0 bridgehead atoms. The summed E-state index contributed by atoms with van der Waals surface area (Å²) < 4.78 is 5.25. The summed E-state index contributed by atoms with van der Waals surface area (Å²) in [7, 11) is 0. The number of rotatable bonds is 1. The maximum Gasteiger partial charge on any atom is 0.181 e. The second kappa shape index (κ2) is 2.87. The molecular formula is C11H13NO. The molecule has 2 rings (SSSR count). The van der Waals surface area contributed by atoms with Crippen molar-refractivity contribution in [3.8, 4) is 0 Å². The van der Waals surface area contributed by atoms with Crippen LogP contribution in [0.5, 0.6) is 0 Å². The molecule has 0 spiro atoms. The summed E-state index contributed by atoms with van der Waals surface area (Å²) in [6, 6.07) is 4.06. The Balaban J connectivity index is 2.80. The number of hydrogen-bond donors (Lipinski definition) is 0. The second-order valence-electron chi connectivity index (χ2n) is 3.65. The van der Waals surface area contributed by atoms with E-state index in [1.54, 1.807) is 0 Å². The molecule has 2 aromatic rings. The molecule has 13 heavy (non-hydrogen) atoms. The van der Waals surface area contributed by atoms with Gasteiger partial charge in [0, 0.05) is 0 Å². The van der Waals surface area contributed by atoms with Crippen LogP contribution in [0.1, 0.15) is 30.9 Å². The van der Waals surface area contributed by atoms with Crippen molar-refractivity contribution in [3.05, 3.63) is 29.7 Å². The first-order valence-corrected chi connectivity index (χ1v) is 4.53. The van der Waals surface area contributed by atoms with Crippen molar-refractivity contribution >= 4 is 11.1 Å². The predicted molar refractivity (Wildman–Crippen MR) is 52.8 cm³/mol. The Kier molecular flexibility index (Phi) is 1.83. The average molecular weight is 175 g/mol. The van der Waals surface area contributed by atoms with Crippen LogP contribution in [0.3, 0.4) is 0 Å². The number of aromatic nitrogens is 1. The van der Waals surface area contributed by atoms with Crippen LogP contribution in [0.25, 0.3) is 11.1 Å². The third-order valence-corrected chi connectivity index (χ3v) is 2.34. The molecule has 0 aliphatic heterocycles. The fraction of sp³-hybridized carbons (Fsp3) is 0.364. The summed E-state index contributed by atoms with van der Waals surface area (Å²) in [5.74, 6) is 0.494. The summed E-state index contributed by atoms with van der Waals surface area (Å²) in [6.45, 7) is 6.47. The minimum absolute atomic E-state index is 0.494. The SMILES string of the molecule is Cc1ccc2ocnc2c1C(C)C. The standard InChI is InChI=1S/C11H13NO/c1-7(2)10-8(3)4-5-9-11(10)12-6-13-9/h4-7H,1-3H3. The van der Waals surface area contributed by atoms with E-state index in [-0.39, 0.29) is 0 Å². The average Bonchev–Trinajstić information content (AvgIpc) is 2.50. The van der Waals surface area contributed by atoms with Gasteiger partial charge in [-0.2, -0.15) is 0 Å². The third-order valence-electron chi connectivity index (χ3n) is 2.34. The summed E-state index contributed by atoms with van der Waals surface area (Å²) in [5.41, 5.74) is 4.48. The van der Waals surface area contributed by atoms with Gasteiger partial charge < -0.3 is 4.42 Å². The lowest BCUT2D eigenvalue weighted by Crippen LogP contribution is -1.93. The van der Waals surface area contributed by atoms with E-state index in [4.69, 9.17) is 4.42 Å². The number of nitrogens with zero attached hydrogens (tertiary/aromatic N) is 1. The van der Waals surface area contributed by atoms with Crippen LogP contribution >= 0.6 is 0 Å². The molecule has 0 radical (unpaired) electrons. The third kappa shape index (κ3) is 1.22. The van der Waals surface area contributed by atoms with Crippen molar-refractivity contribution in [1.82, 2.24) is 4.98 Å². The van der Waals surface area contributed by atoms with Gasteiger partial charge in [0.25, 0.3) is 0 Å². The minimum atomic E-state index is 0.494. The molecule has 0 aliphatic carbocycles. The number of hydrogen-bond acceptors (Lipinski definition) is 2. The first-order chi connectivity index (χ1) is 6.20. The van der Waals surface area contributed by atoms with Crippen molar-refractivity contribution < 1.29 is 4.42 Å². The molecule has 68 valence electrons. The van der Waals surface area contributed by atoms with E-state index in [2.05, 4.69) is 31.8 Å². The Morgan fingerprint density at radius 3 is 2.77 bits per heavy atom. The highest BCUT2D eigenvalue weighted by molar-refractivity contribution is 5.78. The van der Waals surface area contributed by atoms with Gasteiger partial charge in [0.1, 0.15) is 5.52 Å². The molecule has 2 nitrogen and oxygen atoms in total. The maximum absolute atomic E-state index is 5.25. The predicted octanol–water partition coefficient (Wildman–Crippen LogP) is 3.26. The second-order valence-corrected chi connectivity index (χ2v) is 3.65. The minimum Gasteiger partial charge on any atom is -0.443 e. The summed E-state index contributed by atoms with van der Waals surface area (Å²) in [6.07, 6.45) is 1.51. The summed E-state index contributed by atoms with van der Waals surface area (Å²) in [5, 5.41) is 0. The van der Waals surface area contributed by atoms with E-state index in [0.29, 0.717) is 5.92 Å². The molecule has 1 aromatic heterocycles. The Bertz CT molecular complexity index is 429. The first-order valence-electron chi connectivity index (χ1n) is 4.53. The Morgan fingerprint density at radius 1 is 1.31 bits per heavy atom. The van der Waals surface area contributed by atoms with Gasteiger partial charge in [-0.1, -0.05) is 19.9 Å². The van der Waals surface area contributed by atoms with Crippen LogP contribution in [0.4, 0.5) is 0 Å². The number of oxazole rings is 1. The first kappa shape index (κ1) is 8.30. The highest BCUT2D eigenvalue weighted by Gasteiger charge is 2.10.